The molecule has 3 atom stereocenters. The van der Waals surface area contributed by atoms with Crippen molar-refractivity contribution < 1.29 is 59.7 Å². The van der Waals surface area contributed by atoms with Crippen LogP contribution in [0.1, 0.15) is 67.2 Å². The standard InChI is InChI=1S/C54H61F3N8O10S2/c1-33-49(76-32-61-33)36-9-7-34(8-10-36)27-60-52(68)44-6-5-18-65(44)53(69)50(54(2,3)4)62-45(66)31-74-23-22-72-20-21-73-24-25-75-39-13-11-35(12-14-39)37-26-40-41(29-59-51(40)58-28-37)48(67)46-42(56)15-16-43(47(46)57)63-77(70,71)64-19-17-38(55)30-64/h7-16,26,28-29,32,38,44,50,63H,5-6,17-25,27,30-31H2,1-4H3,(H,58,59)(H,60,68)(H,62,66)/t38-,44+,50-/m1/s1. The normalized spacial score (nSPS) is 16.4. The molecule has 18 nitrogen and oxygen atoms in total. The maximum absolute atomic E-state index is 15.7. The van der Waals surface area contributed by atoms with Crippen LogP contribution in [0, 0.1) is 24.0 Å². The van der Waals surface area contributed by atoms with Crippen molar-refractivity contribution in [3.05, 3.63) is 119 Å². The molecule has 5 heterocycles. The lowest BCUT2D eigenvalue weighted by Crippen LogP contribution is -2.58. The third-order valence-electron chi connectivity index (χ3n) is 13.1. The zero-order valence-electron chi connectivity index (χ0n) is 43.0. The summed E-state index contributed by atoms with van der Waals surface area (Å²) in [6.45, 7) is 8.84. The molecule has 2 saturated heterocycles. The number of H-pyrrole nitrogens is 1. The van der Waals surface area contributed by atoms with Crippen molar-refractivity contribution >= 4 is 61.8 Å². The van der Waals surface area contributed by atoms with E-state index in [4.69, 9.17) is 18.9 Å². The number of rotatable bonds is 24. The van der Waals surface area contributed by atoms with Gasteiger partial charge in [-0.1, -0.05) is 57.2 Å². The third-order valence-corrected chi connectivity index (χ3v) is 15.6. The number of likely N-dealkylation sites (tertiary alicyclic amines) is 1. The van der Waals surface area contributed by atoms with Crippen molar-refractivity contribution in [2.24, 2.45) is 5.41 Å². The van der Waals surface area contributed by atoms with Gasteiger partial charge in [0.15, 0.2) is 5.82 Å². The number of aromatic nitrogens is 3. The fraction of sp³-hybridized carbons (Fsp3) is 0.407. The minimum Gasteiger partial charge on any atom is -0.491 e. The molecule has 2 fully saturated rings. The molecule has 0 saturated carbocycles. The Morgan fingerprint density at radius 3 is 2.25 bits per heavy atom. The highest BCUT2D eigenvalue weighted by molar-refractivity contribution is 7.90. The molecule has 2 aliphatic heterocycles. The summed E-state index contributed by atoms with van der Waals surface area (Å²) < 4.78 is 95.5. The number of anilines is 1. The number of thiazole rings is 1. The van der Waals surface area contributed by atoms with Gasteiger partial charge in [-0.2, -0.15) is 12.7 Å². The number of hydrogen-bond donors (Lipinski definition) is 4. The van der Waals surface area contributed by atoms with Gasteiger partial charge in [0.25, 0.3) is 0 Å². The number of hydrogen-bond acceptors (Lipinski definition) is 13. The van der Waals surface area contributed by atoms with Crippen molar-refractivity contribution in [3.63, 3.8) is 0 Å². The molecule has 77 heavy (non-hydrogen) atoms. The van der Waals surface area contributed by atoms with E-state index in [1.807, 2.05) is 62.2 Å². The Balaban J connectivity index is 0.717. The van der Waals surface area contributed by atoms with E-state index >= 15 is 8.78 Å². The summed E-state index contributed by atoms with van der Waals surface area (Å²) in [5.41, 5.74) is 3.97. The molecule has 3 aromatic heterocycles. The first kappa shape index (κ1) is 56.4. The lowest BCUT2D eigenvalue weighted by Gasteiger charge is -2.35. The number of ether oxygens (including phenoxy) is 4. The lowest BCUT2D eigenvalue weighted by atomic mass is 9.85. The minimum absolute atomic E-state index is 0.0141. The summed E-state index contributed by atoms with van der Waals surface area (Å²) in [5, 5.41) is 6.10. The minimum atomic E-state index is -4.38. The van der Waals surface area contributed by atoms with Gasteiger partial charge in [-0.15, -0.1) is 11.3 Å². The number of ketones is 1. The van der Waals surface area contributed by atoms with E-state index in [1.54, 1.807) is 52.8 Å². The Labute approximate surface area is 448 Å². The second-order valence-corrected chi connectivity index (χ2v) is 22.2. The van der Waals surface area contributed by atoms with Crippen LogP contribution in [-0.2, 0) is 45.3 Å². The zero-order valence-corrected chi connectivity index (χ0v) is 44.7. The van der Waals surface area contributed by atoms with Gasteiger partial charge in [-0.05, 0) is 78.6 Å². The number of carbonyl (C=O) groups excluding carboxylic acids is 4. The van der Waals surface area contributed by atoms with Gasteiger partial charge in [0.1, 0.15) is 48.7 Å². The lowest BCUT2D eigenvalue weighted by molar-refractivity contribution is -0.144. The van der Waals surface area contributed by atoms with E-state index < -0.39 is 75.0 Å². The van der Waals surface area contributed by atoms with Gasteiger partial charge in [0.2, 0.25) is 23.5 Å². The third kappa shape index (κ3) is 14.1. The fourth-order valence-corrected chi connectivity index (χ4v) is 11.1. The van der Waals surface area contributed by atoms with Crippen molar-refractivity contribution in [1.82, 2.24) is 34.8 Å². The topological polar surface area (TPSA) is 223 Å². The summed E-state index contributed by atoms with van der Waals surface area (Å²) in [4.78, 5) is 68.2. The number of halogens is 3. The summed E-state index contributed by atoms with van der Waals surface area (Å²) >= 11 is 1.58. The number of benzene rings is 3. The van der Waals surface area contributed by atoms with Gasteiger partial charge in [-0.25, -0.2) is 23.1 Å². The van der Waals surface area contributed by atoms with Crippen molar-refractivity contribution in [2.75, 3.05) is 70.6 Å². The number of fused-ring (bicyclic) bond motifs is 1. The van der Waals surface area contributed by atoms with Crippen LogP contribution in [0.3, 0.4) is 0 Å². The summed E-state index contributed by atoms with van der Waals surface area (Å²) in [6.07, 6.45) is 2.65. The molecule has 8 rings (SSSR count). The molecular formula is C54H61F3N8O10S2. The maximum Gasteiger partial charge on any atom is 0.301 e. The molecule has 3 aromatic carbocycles. The molecule has 4 N–H and O–H groups in total. The molecule has 0 radical (unpaired) electrons. The average Bonchev–Trinajstić information content (AvgIpc) is 4.26. The summed E-state index contributed by atoms with van der Waals surface area (Å²) in [5.74, 6) is -4.13. The van der Waals surface area contributed by atoms with E-state index in [-0.39, 0.29) is 87.6 Å². The van der Waals surface area contributed by atoms with Crippen LogP contribution in [0.25, 0.3) is 32.6 Å². The zero-order chi connectivity index (χ0) is 54.9. The van der Waals surface area contributed by atoms with Crippen molar-refractivity contribution in [2.45, 2.75) is 71.8 Å². The van der Waals surface area contributed by atoms with E-state index in [2.05, 4.69) is 25.6 Å². The van der Waals surface area contributed by atoms with Gasteiger partial charge in [-0.3, -0.25) is 23.9 Å². The average molecular weight is 1100 g/mol. The highest BCUT2D eigenvalue weighted by atomic mass is 32.2. The second kappa shape index (κ2) is 25.1. The number of nitrogens with zero attached hydrogens (tertiary/aromatic N) is 4. The van der Waals surface area contributed by atoms with Gasteiger partial charge in [0.05, 0.1) is 60.4 Å². The molecule has 6 aromatic rings. The van der Waals surface area contributed by atoms with E-state index in [0.29, 0.717) is 42.8 Å². The fourth-order valence-electron chi connectivity index (χ4n) is 8.98. The Hall–Kier alpha value is -6.76. The molecular weight excluding hydrogens is 1040 g/mol. The molecule has 3 amide bonds. The molecule has 23 heteroatoms. The summed E-state index contributed by atoms with van der Waals surface area (Å²) in [7, 11) is -4.38. The molecule has 2 aliphatic rings. The van der Waals surface area contributed by atoms with Crippen LogP contribution in [0.15, 0.2) is 84.6 Å². The molecule has 0 bridgehead atoms. The largest absolute Gasteiger partial charge is 0.491 e. The first-order valence-electron chi connectivity index (χ1n) is 25.1. The SMILES string of the molecule is Cc1ncsc1-c1ccc(CNC(=O)[C@@H]2CCCN2C(=O)[C@@H](NC(=O)COCCOCCOCCOc2ccc(-c3cnc4[nH]cc(C(=O)c5c(F)ccc(NS(=O)(=O)N6CC[C@@H](F)C6)c5F)c4c3)cc2)C(C)(C)C)cc1. The number of carbonyl (C=O) groups is 4. The van der Waals surface area contributed by atoms with Crippen LogP contribution in [-0.4, -0.2) is 140 Å². The number of nitrogens with one attached hydrogen (secondary N) is 4. The number of amides is 3. The van der Waals surface area contributed by atoms with Crippen LogP contribution >= 0.6 is 11.3 Å². The monoisotopic (exact) mass is 1100 g/mol. The smallest absolute Gasteiger partial charge is 0.301 e. The quantitative estimate of drug-likeness (QED) is 0.0351. The second-order valence-electron chi connectivity index (χ2n) is 19.7. The molecule has 0 unspecified atom stereocenters. The molecule has 0 spiro atoms. The van der Waals surface area contributed by atoms with Crippen molar-refractivity contribution in [1.29, 1.82) is 0 Å². The van der Waals surface area contributed by atoms with Gasteiger partial charge in [0, 0.05) is 55.1 Å². The number of aromatic amines is 1. The van der Waals surface area contributed by atoms with E-state index in [9.17, 15) is 32.0 Å². The Bertz CT molecular complexity index is 3170. The first-order chi connectivity index (χ1) is 36.9. The Morgan fingerprint density at radius 1 is 0.870 bits per heavy atom. The van der Waals surface area contributed by atoms with E-state index in [1.165, 1.54) is 6.20 Å². The van der Waals surface area contributed by atoms with Gasteiger partial charge < -0.3 is 39.5 Å². The first-order valence-corrected chi connectivity index (χ1v) is 27.4. The predicted molar refractivity (Wildman–Crippen MR) is 283 cm³/mol. The highest BCUT2D eigenvalue weighted by Crippen LogP contribution is 2.32. The number of pyridine rings is 1. The van der Waals surface area contributed by atoms with Crippen LogP contribution < -0.4 is 20.1 Å². The summed E-state index contributed by atoms with van der Waals surface area (Å²) in [6, 6.07) is 16.7. The molecule has 410 valence electrons. The Kier molecular flexibility index (Phi) is 18.4. The maximum atomic E-state index is 15.7. The van der Waals surface area contributed by atoms with Gasteiger partial charge >= 0.3 is 10.2 Å². The van der Waals surface area contributed by atoms with Crippen LogP contribution in [0.2, 0.25) is 0 Å². The van der Waals surface area contributed by atoms with Crippen LogP contribution in [0.5, 0.6) is 5.75 Å². The number of alkyl halides is 1. The predicted octanol–water partition coefficient (Wildman–Crippen LogP) is 7.14. The van der Waals surface area contributed by atoms with E-state index in [0.717, 1.165) is 38.1 Å². The molecule has 0 aliphatic carbocycles. The van der Waals surface area contributed by atoms with Crippen LogP contribution in [0.4, 0.5) is 18.9 Å². The van der Waals surface area contributed by atoms with Crippen molar-refractivity contribution in [3.8, 4) is 27.3 Å². The number of aryl methyl sites for hydroxylation is 1. The Morgan fingerprint density at radius 2 is 1.57 bits per heavy atom. The highest BCUT2D eigenvalue weighted by Gasteiger charge is 2.42.